The van der Waals surface area contributed by atoms with Crippen LogP contribution >= 0.6 is 27.7 Å². The van der Waals surface area contributed by atoms with E-state index < -0.39 is 5.25 Å². The topological polar surface area (TPSA) is 58.2 Å². The molecule has 0 fully saturated rings. The molecule has 0 aliphatic rings. The van der Waals surface area contributed by atoms with Crippen LogP contribution in [0.25, 0.3) is 0 Å². The molecule has 0 aromatic heterocycles. The molecule has 1 unspecified atom stereocenters. The molecular formula is C28H23BrN2O2S. The van der Waals surface area contributed by atoms with E-state index in [2.05, 4.69) is 26.6 Å². The van der Waals surface area contributed by atoms with E-state index in [9.17, 15) is 9.59 Å². The van der Waals surface area contributed by atoms with Crippen molar-refractivity contribution in [2.75, 3.05) is 10.6 Å². The molecule has 0 saturated heterocycles. The number of benzene rings is 4. The summed E-state index contributed by atoms with van der Waals surface area (Å²) in [6.07, 6.45) is 0. The van der Waals surface area contributed by atoms with Gasteiger partial charge in [0, 0.05) is 26.3 Å². The number of aryl methyl sites for hydroxylation is 1. The zero-order chi connectivity index (χ0) is 23.9. The predicted octanol–water partition coefficient (Wildman–Crippen LogP) is 7.48. The number of amides is 2. The van der Waals surface area contributed by atoms with Crippen LogP contribution in [0.1, 0.15) is 26.7 Å². The van der Waals surface area contributed by atoms with Crippen LogP contribution in [0.15, 0.2) is 112 Å². The summed E-state index contributed by atoms with van der Waals surface area (Å²) in [5.74, 6) is -0.289. The second-order valence-electron chi connectivity index (χ2n) is 7.75. The van der Waals surface area contributed by atoms with Gasteiger partial charge in [-0.2, -0.15) is 0 Å². The molecule has 0 spiro atoms. The van der Waals surface area contributed by atoms with Gasteiger partial charge in [-0.1, -0.05) is 70.0 Å². The number of hydrogen-bond donors (Lipinski definition) is 2. The van der Waals surface area contributed by atoms with Crippen LogP contribution < -0.4 is 10.6 Å². The van der Waals surface area contributed by atoms with Gasteiger partial charge in [-0.25, -0.2) is 0 Å². The number of nitrogens with one attached hydrogen (secondary N) is 2. The third-order valence-electron chi connectivity index (χ3n) is 5.11. The summed E-state index contributed by atoms with van der Waals surface area (Å²) in [4.78, 5) is 26.8. The first-order valence-electron chi connectivity index (χ1n) is 10.7. The van der Waals surface area contributed by atoms with Gasteiger partial charge in [0.1, 0.15) is 5.25 Å². The van der Waals surface area contributed by atoms with Crippen molar-refractivity contribution in [2.45, 2.75) is 17.1 Å². The van der Waals surface area contributed by atoms with Crippen molar-refractivity contribution in [1.29, 1.82) is 0 Å². The van der Waals surface area contributed by atoms with Gasteiger partial charge in [-0.05, 0) is 67.1 Å². The molecule has 4 rings (SSSR count). The molecule has 2 N–H and O–H groups in total. The number of hydrogen-bond acceptors (Lipinski definition) is 3. The molecule has 0 saturated carbocycles. The fourth-order valence-electron chi connectivity index (χ4n) is 3.33. The van der Waals surface area contributed by atoms with Crippen molar-refractivity contribution in [3.05, 3.63) is 124 Å². The summed E-state index contributed by atoms with van der Waals surface area (Å²) in [5.41, 5.74) is 4.00. The van der Waals surface area contributed by atoms with Crippen LogP contribution in [0, 0.1) is 6.92 Å². The summed E-state index contributed by atoms with van der Waals surface area (Å²) < 4.78 is 0.948. The van der Waals surface area contributed by atoms with Crippen LogP contribution in [-0.2, 0) is 4.79 Å². The lowest BCUT2D eigenvalue weighted by Crippen LogP contribution is -2.19. The van der Waals surface area contributed by atoms with Crippen LogP contribution in [0.2, 0.25) is 0 Å². The molecule has 0 heterocycles. The molecule has 0 aliphatic carbocycles. The van der Waals surface area contributed by atoms with Crippen LogP contribution in [0.5, 0.6) is 0 Å². The van der Waals surface area contributed by atoms with Crippen molar-refractivity contribution in [3.63, 3.8) is 0 Å². The fraction of sp³-hybridized carbons (Fsp3) is 0.0714. The van der Waals surface area contributed by atoms with Crippen LogP contribution in [-0.4, -0.2) is 11.8 Å². The minimum atomic E-state index is -0.465. The average molecular weight is 531 g/mol. The Morgan fingerprint density at radius 1 is 0.765 bits per heavy atom. The van der Waals surface area contributed by atoms with Gasteiger partial charge in [-0.3, -0.25) is 9.59 Å². The zero-order valence-electron chi connectivity index (χ0n) is 18.5. The summed E-state index contributed by atoms with van der Waals surface area (Å²) in [6.45, 7) is 1.98. The quantitative estimate of drug-likeness (QED) is 0.243. The number of carbonyl (C=O) groups is 2. The van der Waals surface area contributed by atoms with Crippen molar-refractivity contribution < 1.29 is 9.59 Å². The Balaban J connectivity index is 1.53. The lowest BCUT2D eigenvalue weighted by molar-refractivity contribution is -0.115. The van der Waals surface area contributed by atoms with E-state index in [-0.39, 0.29) is 11.8 Å². The Morgan fingerprint density at radius 3 is 2.18 bits per heavy atom. The molecule has 4 aromatic carbocycles. The van der Waals surface area contributed by atoms with Crippen LogP contribution in [0.4, 0.5) is 11.4 Å². The molecule has 0 aliphatic heterocycles. The first-order chi connectivity index (χ1) is 16.5. The SMILES string of the molecule is Cc1ccc(C(=O)Nc2cccc(SC(C(=O)Nc3ccc(Br)cc3)c3ccccc3)c2)cc1. The van der Waals surface area contributed by atoms with Gasteiger partial charge in [-0.15, -0.1) is 11.8 Å². The van der Waals surface area contributed by atoms with E-state index in [4.69, 9.17) is 0 Å². The maximum Gasteiger partial charge on any atom is 0.255 e. The Bertz CT molecular complexity index is 1280. The van der Waals surface area contributed by atoms with E-state index in [1.54, 1.807) is 12.1 Å². The average Bonchev–Trinajstić information content (AvgIpc) is 2.85. The highest BCUT2D eigenvalue weighted by molar-refractivity contribution is 9.10. The molecule has 4 nitrogen and oxygen atoms in total. The lowest BCUT2D eigenvalue weighted by Gasteiger charge is -2.18. The highest BCUT2D eigenvalue weighted by atomic mass is 79.9. The fourth-order valence-corrected chi connectivity index (χ4v) is 4.68. The maximum atomic E-state index is 13.3. The van der Waals surface area contributed by atoms with Crippen LogP contribution in [0.3, 0.4) is 0 Å². The summed E-state index contributed by atoms with van der Waals surface area (Å²) in [7, 11) is 0. The first kappa shape index (κ1) is 23.8. The van der Waals surface area contributed by atoms with Crippen molar-refractivity contribution in [3.8, 4) is 0 Å². The van der Waals surface area contributed by atoms with Gasteiger partial charge in [0.25, 0.3) is 5.91 Å². The van der Waals surface area contributed by atoms with E-state index in [1.807, 2.05) is 97.9 Å². The van der Waals surface area contributed by atoms with Gasteiger partial charge in [0.05, 0.1) is 0 Å². The maximum absolute atomic E-state index is 13.3. The Hall–Kier alpha value is -3.35. The van der Waals surface area contributed by atoms with Gasteiger partial charge < -0.3 is 10.6 Å². The Morgan fingerprint density at radius 2 is 1.47 bits per heavy atom. The number of halogens is 1. The van der Waals surface area contributed by atoms with Gasteiger partial charge >= 0.3 is 0 Å². The highest BCUT2D eigenvalue weighted by Crippen LogP contribution is 2.37. The number of rotatable bonds is 7. The number of anilines is 2. The minimum absolute atomic E-state index is 0.118. The minimum Gasteiger partial charge on any atom is -0.325 e. The normalized spacial score (nSPS) is 11.5. The molecule has 0 bridgehead atoms. The van der Waals surface area contributed by atoms with Gasteiger partial charge in [0.2, 0.25) is 5.91 Å². The van der Waals surface area contributed by atoms with E-state index in [0.717, 1.165) is 26.2 Å². The summed E-state index contributed by atoms with van der Waals surface area (Å²) in [5, 5.41) is 5.49. The molecule has 2 amide bonds. The molecule has 0 radical (unpaired) electrons. The van der Waals surface area contributed by atoms with Gasteiger partial charge in [0.15, 0.2) is 0 Å². The molecule has 170 valence electrons. The largest absolute Gasteiger partial charge is 0.325 e. The molecule has 6 heteroatoms. The highest BCUT2D eigenvalue weighted by Gasteiger charge is 2.22. The number of carbonyl (C=O) groups excluding carboxylic acids is 2. The van der Waals surface area contributed by atoms with E-state index >= 15 is 0 Å². The lowest BCUT2D eigenvalue weighted by atomic mass is 10.1. The first-order valence-corrected chi connectivity index (χ1v) is 12.4. The summed E-state index contributed by atoms with van der Waals surface area (Å²) in [6, 6.07) is 32.2. The monoisotopic (exact) mass is 530 g/mol. The second kappa shape index (κ2) is 11.2. The smallest absolute Gasteiger partial charge is 0.255 e. The number of thioether (sulfide) groups is 1. The Kier molecular flexibility index (Phi) is 7.83. The molecule has 4 aromatic rings. The molecule has 34 heavy (non-hydrogen) atoms. The molecular weight excluding hydrogens is 508 g/mol. The van der Waals surface area contributed by atoms with Crippen molar-refractivity contribution in [2.24, 2.45) is 0 Å². The molecule has 1 atom stereocenters. The van der Waals surface area contributed by atoms with E-state index in [1.165, 1.54) is 11.8 Å². The predicted molar refractivity (Wildman–Crippen MR) is 143 cm³/mol. The Labute approximate surface area is 211 Å². The van der Waals surface area contributed by atoms with Crippen molar-refractivity contribution >= 4 is 50.9 Å². The zero-order valence-corrected chi connectivity index (χ0v) is 20.9. The standard InChI is InChI=1S/C28H23BrN2O2S/c1-19-10-12-21(13-11-19)27(32)31-24-8-5-9-25(18-24)34-26(20-6-3-2-4-7-20)28(33)30-23-16-14-22(29)15-17-23/h2-18,26H,1H3,(H,30,33)(H,31,32). The van der Waals surface area contributed by atoms with Crippen molar-refractivity contribution in [1.82, 2.24) is 0 Å². The second-order valence-corrected chi connectivity index (χ2v) is 9.85. The third-order valence-corrected chi connectivity index (χ3v) is 6.89. The third kappa shape index (κ3) is 6.37. The summed E-state index contributed by atoms with van der Waals surface area (Å²) >= 11 is 4.86. The van der Waals surface area contributed by atoms with E-state index in [0.29, 0.717) is 11.3 Å².